The van der Waals surface area contributed by atoms with Gasteiger partial charge in [0, 0.05) is 31.9 Å². The molecule has 1 aliphatic heterocycles. The van der Waals surface area contributed by atoms with Crippen molar-refractivity contribution in [2.24, 2.45) is 0 Å². The number of benzene rings is 1. The van der Waals surface area contributed by atoms with Gasteiger partial charge in [-0.3, -0.25) is 14.8 Å². The number of hydrogen-bond acceptors (Lipinski definition) is 3. The summed E-state index contributed by atoms with van der Waals surface area (Å²) >= 11 is 5.88. The Kier molecular flexibility index (Phi) is 5.82. The molecular weight excluding hydrogens is 325 g/mol. The van der Waals surface area contributed by atoms with Crippen molar-refractivity contribution in [3.05, 3.63) is 64.2 Å². The molecule has 1 fully saturated rings. The normalized spacial score (nSPS) is 17.0. The maximum atomic E-state index is 13.3. The summed E-state index contributed by atoms with van der Waals surface area (Å²) in [4.78, 5) is 9.46. The van der Waals surface area contributed by atoms with Crippen molar-refractivity contribution in [1.29, 1.82) is 0 Å². The number of aryl methyl sites for hydroxylation is 1. The molecule has 1 saturated heterocycles. The number of rotatable bonds is 4. The Morgan fingerprint density at radius 1 is 1.04 bits per heavy atom. The highest BCUT2D eigenvalue weighted by molar-refractivity contribution is 6.30. The summed E-state index contributed by atoms with van der Waals surface area (Å²) in [6.07, 6.45) is 1.13. The number of pyridine rings is 1. The zero-order chi connectivity index (χ0) is 16.9. The third-order valence-electron chi connectivity index (χ3n) is 4.40. The van der Waals surface area contributed by atoms with Crippen LogP contribution in [0.2, 0.25) is 5.02 Å². The fourth-order valence-corrected chi connectivity index (χ4v) is 3.36. The van der Waals surface area contributed by atoms with Gasteiger partial charge in [-0.2, -0.15) is 0 Å². The molecule has 128 valence electrons. The SMILES string of the molecule is Cc1cccc(CN2CCCN(Cc3ccc(F)c(Cl)c3)CC2)n1. The molecule has 0 amide bonds. The number of nitrogens with zero attached hydrogens (tertiary/aromatic N) is 3. The maximum Gasteiger partial charge on any atom is 0.141 e. The van der Waals surface area contributed by atoms with E-state index in [0.717, 1.165) is 62.6 Å². The molecule has 3 rings (SSSR count). The molecule has 0 bridgehead atoms. The van der Waals surface area contributed by atoms with Gasteiger partial charge in [-0.15, -0.1) is 0 Å². The minimum atomic E-state index is -0.354. The van der Waals surface area contributed by atoms with Gasteiger partial charge in [-0.25, -0.2) is 4.39 Å². The lowest BCUT2D eigenvalue weighted by Crippen LogP contribution is -2.30. The topological polar surface area (TPSA) is 19.4 Å². The minimum absolute atomic E-state index is 0.203. The van der Waals surface area contributed by atoms with Gasteiger partial charge in [0.15, 0.2) is 0 Å². The van der Waals surface area contributed by atoms with Crippen LogP contribution >= 0.6 is 11.6 Å². The first kappa shape index (κ1) is 17.3. The first-order valence-corrected chi connectivity index (χ1v) is 8.79. The standard InChI is InChI=1S/C19H23ClFN3/c1-15-4-2-5-17(22-15)14-24-9-3-8-23(10-11-24)13-16-6-7-19(21)18(20)12-16/h2,4-7,12H,3,8-11,13-14H2,1H3. The second kappa shape index (κ2) is 8.06. The molecule has 0 radical (unpaired) electrons. The lowest BCUT2D eigenvalue weighted by molar-refractivity contribution is 0.245. The highest BCUT2D eigenvalue weighted by Gasteiger charge is 2.16. The monoisotopic (exact) mass is 347 g/mol. The van der Waals surface area contributed by atoms with E-state index in [4.69, 9.17) is 11.6 Å². The van der Waals surface area contributed by atoms with E-state index in [1.54, 1.807) is 6.07 Å². The molecule has 0 spiro atoms. The molecule has 0 saturated carbocycles. The Bertz CT molecular complexity index is 692. The van der Waals surface area contributed by atoms with E-state index in [0.29, 0.717) is 0 Å². The zero-order valence-corrected chi connectivity index (χ0v) is 14.8. The van der Waals surface area contributed by atoms with Crippen LogP contribution in [-0.4, -0.2) is 41.0 Å². The number of aromatic nitrogens is 1. The van der Waals surface area contributed by atoms with Gasteiger partial charge in [0.2, 0.25) is 0 Å². The van der Waals surface area contributed by atoms with Crippen LogP contribution in [0.4, 0.5) is 4.39 Å². The van der Waals surface area contributed by atoms with Gasteiger partial charge in [0.05, 0.1) is 10.7 Å². The summed E-state index contributed by atoms with van der Waals surface area (Å²) in [7, 11) is 0. The van der Waals surface area contributed by atoms with E-state index in [1.165, 1.54) is 6.07 Å². The summed E-state index contributed by atoms with van der Waals surface area (Å²) in [6.45, 7) is 7.89. The average molecular weight is 348 g/mol. The van der Waals surface area contributed by atoms with E-state index < -0.39 is 0 Å². The van der Waals surface area contributed by atoms with Gasteiger partial charge in [-0.1, -0.05) is 23.7 Å². The van der Waals surface area contributed by atoms with Crippen LogP contribution in [0.5, 0.6) is 0 Å². The van der Waals surface area contributed by atoms with Gasteiger partial charge >= 0.3 is 0 Å². The molecule has 24 heavy (non-hydrogen) atoms. The fraction of sp³-hybridized carbons (Fsp3) is 0.421. The number of halogens is 2. The Morgan fingerprint density at radius 3 is 2.50 bits per heavy atom. The lowest BCUT2D eigenvalue weighted by atomic mass is 10.2. The molecule has 0 unspecified atom stereocenters. The second-order valence-electron chi connectivity index (χ2n) is 6.42. The third kappa shape index (κ3) is 4.76. The summed E-state index contributed by atoms with van der Waals surface area (Å²) in [5.74, 6) is -0.354. The van der Waals surface area contributed by atoms with Crippen LogP contribution in [0.15, 0.2) is 36.4 Å². The van der Waals surface area contributed by atoms with Gasteiger partial charge in [-0.05, 0) is 56.3 Å². The van der Waals surface area contributed by atoms with Crippen LogP contribution in [0, 0.1) is 12.7 Å². The van der Waals surface area contributed by atoms with Gasteiger partial charge < -0.3 is 0 Å². The first-order valence-electron chi connectivity index (χ1n) is 8.41. The van der Waals surface area contributed by atoms with Crippen LogP contribution in [0.3, 0.4) is 0 Å². The van der Waals surface area contributed by atoms with Crippen LogP contribution in [0.25, 0.3) is 0 Å². The molecule has 0 atom stereocenters. The zero-order valence-electron chi connectivity index (χ0n) is 14.0. The molecule has 1 aromatic carbocycles. The van der Waals surface area contributed by atoms with Gasteiger partial charge in [0.25, 0.3) is 0 Å². The van der Waals surface area contributed by atoms with Crippen molar-refractivity contribution in [1.82, 2.24) is 14.8 Å². The highest BCUT2D eigenvalue weighted by Crippen LogP contribution is 2.18. The van der Waals surface area contributed by atoms with Crippen molar-refractivity contribution in [3.63, 3.8) is 0 Å². The molecule has 5 heteroatoms. The summed E-state index contributed by atoms with van der Waals surface area (Å²) < 4.78 is 13.3. The molecule has 0 aliphatic carbocycles. The predicted molar refractivity (Wildman–Crippen MR) is 95.6 cm³/mol. The Balaban J connectivity index is 1.55. The van der Waals surface area contributed by atoms with Crippen LogP contribution in [0.1, 0.15) is 23.4 Å². The second-order valence-corrected chi connectivity index (χ2v) is 6.83. The molecule has 1 aromatic heterocycles. The number of hydrogen-bond donors (Lipinski definition) is 0. The van der Waals surface area contributed by atoms with Gasteiger partial charge in [0.1, 0.15) is 5.82 Å². The predicted octanol–water partition coefficient (Wildman–Crippen LogP) is 3.89. The van der Waals surface area contributed by atoms with Crippen LogP contribution in [-0.2, 0) is 13.1 Å². The van der Waals surface area contributed by atoms with E-state index in [2.05, 4.69) is 26.9 Å². The van der Waals surface area contributed by atoms with Crippen molar-refractivity contribution in [2.75, 3.05) is 26.2 Å². The Morgan fingerprint density at radius 2 is 1.79 bits per heavy atom. The molecule has 1 aliphatic rings. The third-order valence-corrected chi connectivity index (χ3v) is 4.69. The largest absolute Gasteiger partial charge is 0.298 e. The van der Waals surface area contributed by atoms with E-state index in [-0.39, 0.29) is 10.8 Å². The maximum absolute atomic E-state index is 13.3. The molecule has 2 aromatic rings. The Hall–Kier alpha value is -1.49. The molecule has 3 nitrogen and oxygen atoms in total. The Labute approximate surface area is 148 Å². The molecular formula is C19H23ClFN3. The highest BCUT2D eigenvalue weighted by atomic mass is 35.5. The summed E-state index contributed by atoms with van der Waals surface area (Å²) in [5, 5.41) is 0.203. The van der Waals surface area contributed by atoms with Crippen molar-refractivity contribution in [2.45, 2.75) is 26.4 Å². The van der Waals surface area contributed by atoms with Crippen molar-refractivity contribution in [3.8, 4) is 0 Å². The van der Waals surface area contributed by atoms with Crippen molar-refractivity contribution < 1.29 is 4.39 Å². The average Bonchev–Trinajstić information content (AvgIpc) is 2.76. The van der Waals surface area contributed by atoms with E-state index in [1.807, 2.05) is 19.1 Å². The summed E-state index contributed by atoms with van der Waals surface area (Å²) in [5.41, 5.74) is 3.26. The lowest BCUT2D eigenvalue weighted by Gasteiger charge is -2.22. The first-order chi connectivity index (χ1) is 11.6. The fourth-order valence-electron chi connectivity index (χ4n) is 3.15. The summed E-state index contributed by atoms with van der Waals surface area (Å²) in [6, 6.07) is 11.2. The molecule has 2 heterocycles. The van der Waals surface area contributed by atoms with Crippen molar-refractivity contribution >= 4 is 11.6 Å². The van der Waals surface area contributed by atoms with E-state index >= 15 is 0 Å². The van der Waals surface area contributed by atoms with E-state index in [9.17, 15) is 4.39 Å². The quantitative estimate of drug-likeness (QED) is 0.836. The minimum Gasteiger partial charge on any atom is -0.298 e. The molecule has 0 N–H and O–H groups in total. The van der Waals surface area contributed by atoms with Crippen LogP contribution < -0.4 is 0 Å². The smallest absolute Gasteiger partial charge is 0.141 e.